The first-order valence-corrected chi connectivity index (χ1v) is 12.0. The normalized spacial score (nSPS) is 23.5. The van der Waals surface area contributed by atoms with Gasteiger partial charge in [-0.3, -0.25) is 19.3 Å². The molecular formula is C27H29F3N2O3. The number of carbonyl (C=O) groups is 3. The molecule has 2 aromatic carbocycles. The number of amides is 3. The molecule has 186 valence electrons. The zero-order chi connectivity index (χ0) is 25.2. The second kappa shape index (κ2) is 9.84. The van der Waals surface area contributed by atoms with Gasteiger partial charge in [0.05, 0.1) is 11.0 Å². The van der Waals surface area contributed by atoms with Crippen molar-refractivity contribution >= 4 is 17.7 Å². The number of hydrogen-bond donors (Lipinski definition) is 0. The number of carbonyl (C=O) groups excluding carboxylic acids is 3. The molecule has 2 aliphatic rings. The quantitative estimate of drug-likeness (QED) is 0.565. The van der Waals surface area contributed by atoms with Crippen molar-refractivity contribution in [1.82, 2.24) is 9.80 Å². The second-order valence-corrected chi connectivity index (χ2v) is 9.38. The van der Waals surface area contributed by atoms with Gasteiger partial charge >= 0.3 is 6.18 Å². The Hall–Kier alpha value is -3.16. The summed E-state index contributed by atoms with van der Waals surface area (Å²) in [4.78, 5) is 42.3. The van der Waals surface area contributed by atoms with Crippen molar-refractivity contribution in [2.45, 2.75) is 56.5 Å². The zero-order valence-corrected chi connectivity index (χ0v) is 19.7. The molecule has 0 radical (unpaired) electrons. The van der Waals surface area contributed by atoms with Crippen LogP contribution in [-0.2, 0) is 26.0 Å². The fourth-order valence-corrected chi connectivity index (χ4v) is 5.35. The second-order valence-electron chi connectivity index (χ2n) is 9.38. The lowest BCUT2D eigenvalue weighted by Crippen LogP contribution is -2.43. The summed E-state index contributed by atoms with van der Waals surface area (Å²) in [6, 6.07) is 14.6. The third-order valence-electron chi connectivity index (χ3n) is 7.27. The molecule has 2 unspecified atom stereocenters. The van der Waals surface area contributed by atoms with Gasteiger partial charge in [0.25, 0.3) is 0 Å². The van der Waals surface area contributed by atoms with Gasteiger partial charge in [-0.2, -0.15) is 13.2 Å². The topological polar surface area (TPSA) is 57.7 Å². The molecule has 2 atom stereocenters. The van der Waals surface area contributed by atoms with E-state index in [4.69, 9.17) is 0 Å². The fourth-order valence-electron chi connectivity index (χ4n) is 5.35. The predicted molar refractivity (Wildman–Crippen MR) is 124 cm³/mol. The molecule has 0 aromatic heterocycles. The molecule has 4 rings (SSSR count). The molecule has 2 saturated heterocycles. The Labute approximate surface area is 202 Å². The SMILES string of the molecule is CCN1C(=O)CC(CC(=O)N2CCCC(c3ccccc3)CC2)(c2cccc(C(F)(F)F)c2)C1=O. The Morgan fingerprint density at radius 2 is 1.77 bits per heavy atom. The number of halogens is 3. The Morgan fingerprint density at radius 3 is 2.43 bits per heavy atom. The van der Waals surface area contributed by atoms with Gasteiger partial charge in [-0.15, -0.1) is 0 Å². The highest BCUT2D eigenvalue weighted by Gasteiger charge is 2.54. The van der Waals surface area contributed by atoms with Crippen molar-refractivity contribution in [3.63, 3.8) is 0 Å². The highest BCUT2D eigenvalue weighted by atomic mass is 19.4. The maximum atomic E-state index is 13.5. The summed E-state index contributed by atoms with van der Waals surface area (Å²) >= 11 is 0. The standard InChI is InChI=1S/C27H29F3N2O3/c1-2-32-24(34)18-26(25(32)35,21-11-6-12-22(16-21)27(28,29)30)17-23(33)31-14-7-10-20(13-15-31)19-8-4-3-5-9-19/h3-6,8-9,11-12,16,20H,2,7,10,13-15,17-18H2,1H3. The first-order chi connectivity index (χ1) is 16.7. The van der Waals surface area contributed by atoms with Crippen LogP contribution in [0.2, 0.25) is 0 Å². The molecule has 0 N–H and O–H groups in total. The van der Waals surface area contributed by atoms with Crippen molar-refractivity contribution in [3.8, 4) is 0 Å². The third-order valence-corrected chi connectivity index (χ3v) is 7.27. The van der Waals surface area contributed by atoms with Crippen molar-refractivity contribution in [2.75, 3.05) is 19.6 Å². The molecule has 3 amide bonds. The van der Waals surface area contributed by atoms with Gasteiger partial charge in [-0.25, -0.2) is 0 Å². The zero-order valence-electron chi connectivity index (χ0n) is 19.7. The molecule has 2 aliphatic heterocycles. The Balaban J connectivity index is 1.60. The minimum atomic E-state index is -4.60. The summed E-state index contributed by atoms with van der Waals surface area (Å²) in [5.41, 5.74) is -1.25. The molecule has 8 heteroatoms. The lowest BCUT2D eigenvalue weighted by molar-refractivity contribution is -0.143. The number of hydrogen-bond acceptors (Lipinski definition) is 3. The number of nitrogens with zero attached hydrogens (tertiary/aromatic N) is 2. The summed E-state index contributed by atoms with van der Waals surface area (Å²) in [5, 5.41) is 0. The first-order valence-electron chi connectivity index (χ1n) is 12.0. The summed E-state index contributed by atoms with van der Waals surface area (Å²) in [7, 11) is 0. The van der Waals surface area contributed by atoms with E-state index >= 15 is 0 Å². The first kappa shape index (κ1) is 24.9. The number of likely N-dealkylation sites (N-methyl/N-ethyl adjacent to an activating group) is 1. The molecule has 0 saturated carbocycles. The van der Waals surface area contributed by atoms with E-state index in [0.29, 0.717) is 19.0 Å². The molecule has 5 nitrogen and oxygen atoms in total. The Kier molecular flexibility index (Phi) is 7.01. The van der Waals surface area contributed by atoms with E-state index in [1.807, 2.05) is 18.2 Å². The molecule has 2 fully saturated rings. The summed E-state index contributed by atoms with van der Waals surface area (Å²) in [6.07, 6.45) is -2.77. The van der Waals surface area contributed by atoms with E-state index in [1.54, 1.807) is 11.8 Å². The summed E-state index contributed by atoms with van der Waals surface area (Å²) in [5.74, 6) is -1.07. The highest BCUT2D eigenvalue weighted by Crippen LogP contribution is 2.42. The molecule has 2 aromatic rings. The van der Waals surface area contributed by atoms with Crippen LogP contribution < -0.4 is 0 Å². The molecule has 0 bridgehead atoms. The Bertz CT molecular complexity index is 1100. The predicted octanol–water partition coefficient (Wildman–Crippen LogP) is 4.91. The average Bonchev–Trinajstić information content (AvgIpc) is 2.99. The minimum Gasteiger partial charge on any atom is -0.343 e. The van der Waals surface area contributed by atoms with E-state index in [1.165, 1.54) is 17.7 Å². The third kappa shape index (κ3) is 4.97. The van der Waals surface area contributed by atoms with E-state index in [9.17, 15) is 27.6 Å². The Morgan fingerprint density at radius 1 is 1.03 bits per heavy atom. The minimum absolute atomic E-state index is 0.0620. The smallest absolute Gasteiger partial charge is 0.343 e. The van der Waals surface area contributed by atoms with Crippen LogP contribution in [0.4, 0.5) is 13.2 Å². The molecular weight excluding hydrogens is 457 g/mol. The summed E-state index contributed by atoms with van der Waals surface area (Å²) < 4.78 is 40.3. The van der Waals surface area contributed by atoms with E-state index in [-0.39, 0.29) is 30.9 Å². The molecule has 2 heterocycles. The largest absolute Gasteiger partial charge is 0.416 e. The van der Waals surface area contributed by atoms with Gasteiger partial charge in [0.2, 0.25) is 17.7 Å². The van der Waals surface area contributed by atoms with Crippen LogP contribution in [0.1, 0.15) is 61.6 Å². The van der Waals surface area contributed by atoms with Crippen molar-refractivity contribution in [3.05, 3.63) is 71.3 Å². The highest BCUT2D eigenvalue weighted by molar-refractivity contribution is 6.10. The lowest BCUT2D eigenvalue weighted by Gasteiger charge is -2.30. The number of benzene rings is 2. The monoisotopic (exact) mass is 486 g/mol. The van der Waals surface area contributed by atoms with E-state index < -0.39 is 29.0 Å². The summed E-state index contributed by atoms with van der Waals surface area (Å²) in [6.45, 7) is 2.75. The number of rotatable bonds is 5. The van der Waals surface area contributed by atoms with Crippen LogP contribution >= 0.6 is 0 Å². The van der Waals surface area contributed by atoms with Gasteiger partial charge in [0.1, 0.15) is 0 Å². The van der Waals surface area contributed by atoms with Crippen LogP contribution in [0.5, 0.6) is 0 Å². The maximum absolute atomic E-state index is 13.5. The van der Waals surface area contributed by atoms with Crippen LogP contribution in [0.3, 0.4) is 0 Å². The van der Waals surface area contributed by atoms with Gasteiger partial charge in [-0.1, -0.05) is 48.5 Å². The van der Waals surface area contributed by atoms with Crippen LogP contribution in [0.15, 0.2) is 54.6 Å². The van der Waals surface area contributed by atoms with E-state index in [2.05, 4.69) is 12.1 Å². The molecule has 35 heavy (non-hydrogen) atoms. The average molecular weight is 487 g/mol. The fraction of sp³-hybridized carbons (Fsp3) is 0.444. The van der Waals surface area contributed by atoms with Crippen molar-refractivity contribution < 1.29 is 27.6 Å². The van der Waals surface area contributed by atoms with Crippen LogP contribution in [-0.4, -0.2) is 47.2 Å². The number of imide groups is 1. The van der Waals surface area contributed by atoms with E-state index in [0.717, 1.165) is 36.3 Å². The van der Waals surface area contributed by atoms with Crippen LogP contribution in [0, 0.1) is 0 Å². The van der Waals surface area contributed by atoms with Gasteiger partial charge < -0.3 is 4.90 Å². The van der Waals surface area contributed by atoms with Gasteiger partial charge in [-0.05, 0) is 49.3 Å². The molecule has 0 spiro atoms. The maximum Gasteiger partial charge on any atom is 0.416 e. The number of likely N-dealkylation sites (tertiary alicyclic amines) is 2. The number of alkyl halides is 3. The molecule has 0 aliphatic carbocycles. The van der Waals surface area contributed by atoms with Crippen molar-refractivity contribution in [1.29, 1.82) is 0 Å². The van der Waals surface area contributed by atoms with Crippen LogP contribution in [0.25, 0.3) is 0 Å². The van der Waals surface area contributed by atoms with Crippen molar-refractivity contribution in [2.24, 2.45) is 0 Å². The van der Waals surface area contributed by atoms with Gasteiger partial charge in [0.15, 0.2) is 0 Å². The van der Waals surface area contributed by atoms with Gasteiger partial charge in [0, 0.05) is 32.5 Å². The lowest BCUT2D eigenvalue weighted by atomic mass is 9.75.